The Morgan fingerprint density at radius 3 is 2.72 bits per heavy atom. The van der Waals surface area contributed by atoms with Crippen molar-refractivity contribution in [1.29, 1.82) is 0 Å². The highest BCUT2D eigenvalue weighted by Gasteiger charge is 2.15. The van der Waals surface area contributed by atoms with Crippen molar-refractivity contribution in [3.8, 4) is 0 Å². The van der Waals surface area contributed by atoms with Crippen molar-refractivity contribution in [3.63, 3.8) is 0 Å². The summed E-state index contributed by atoms with van der Waals surface area (Å²) in [5.74, 6) is 1.10. The summed E-state index contributed by atoms with van der Waals surface area (Å²) < 4.78 is 19.8. The van der Waals surface area contributed by atoms with E-state index in [2.05, 4.69) is 15.3 Å². The number of aryl methyl sites for hydroxylation is 1. The Balaban J connectivity index is 1.73. The Kier molecular flexibility index (Phi) is 5.71. The van der Waals surface area contributed by atoms with Crippen LogP contribution in [0.1, 0.15) is 23.9 Å². The number of rotatable bonds is 5. The van der Waals surface area contributed by atoms with Gasteiger partial charge in [-0.3, -0.25) is 0 Å². The van der Waals surface area contributed by atoms with Gasteiger partial charge in [0.05, 0.1) is 18.9 Å². The molecule has 5 nitrogen and oxygen atoms in total. The first-order valence-corrected chi connectivity index (χ1v) is 8.84. The van der Waals surface area contributed by atoms with Crippen LogP contribution in [-0.2, 0) is 17.7 Å². The van der Waals surface area contributed by atoms with E-state index in [0.29, 0.717) is 55.3 Å². The van der Waals surface area contributed by atoms with E-state index >= 15 is 0 Å². The van der Waals surface area contributed by atoms with Crippen LogP contribution in [-0.4, -0.2) is 36.3 Å². The van der Waals surface area contributed by atoms with Crippen molar-refractivity contribution in [2.75, 3.05) is 36.5 Å². The van der Waals surface area contributed by atoms with E-state index < -0.39 is 0 Å². The molecular weight excluding hydrogens is 343 g/mol. The van der Waals surface area contributed by atoms with Crippen LogP contribution in [0.4, 0.5) is 15.9 Å². The predicted octanol–water partition coefficient (Wildman–Crippen LogP) is 3.59. The smallest absolute Gasteiger partial charge is 0.146 e. The van der Waals surface area contributed by atoms with E-state index in [0.717, 1.165) is 17.5 Å². The molecule has 1 aliphatic heterocycles. The summed E-state index contributed by atoms with van der Waals surface area (Å²) in [6, 6.07) is 5.33. The van der Waals surface area contributed by atoms with Crippen molar-refractivity contribution >= 4 is 23.1 Å². The Morgan fingerprint density at radius 1 is 1.28 bits per heavy atom. The minimum absolute atomic E-state index is 0.214. The first kappa shape index (κ1) is 17.9. The van der Waals surface area contributed by atoms with Crippen LogP contribution in [0.15, 0.2) is 18.2 Å². The van der Waals surface area contributed by atoms with Gasteiger partial charge in [-0.2, -0.15) is 0 Å². The summed E-state index contributed by atoms with van der Waals surface area (Å²) in [7, 11) is 0. The number of nitrogens with one attached hydrogen (secondary N) is 1. The highest BCUT2D eigenvalue weighted by atomic mass is 35.5. The highest BCUT2D eigenvalue weighted by Crippen LogP contribution is 2.24. The van der Waals surface area contributed by atoms with Crippen molar-refractivity contribution in [2.45, 2.75) is 26.8 Å². The average molecular weight is 365 g/mol. The molecule has 0 unspecified atom stereocenters. The standard InChI is InChI=1S/C18H22ClFN4O/c1-3-14-17(19)22-12(2)23-18(14)21-11-13-4-5-16(15(20)10-13)24-6-8-25-9-7-24/h4-5,10H,3,6-9,11H2,1-2H3,(H,21,22,23). The molecule has 134 valence electrons. The first-order chi connectivity index (χ1) is 12.1. The van der Waals surface area contributed by atoms with E-state index in [4.69, 9.17) is 16.3 Å². The van der Waals surface area contributed by atoms with Crippen LogP contribution in [0.3, 0.4) is 0 Å². The topological polar surface area (TPSA) is 50.3 Å². The number of ether oxygens (including phenoxy) is 1. The number of anilines is 2. The van der Waals surface area contributed by atoms with Gasteiger partial charge in [-0.15, -0.1) is 0 Å². The second-order valence-electron chi connectivity index (χ2n) is 5.98. The zero-order valence-corrected chi connectivity index (χ0v) is 15.2. The van der Waals surface area contributed by atoms with Gasteiger partial charge >= 0.3 is 0 Å². The van der Waals surface area contributed by atoms with E-state index in [9.17, 15) is 4.39 Å². The molecule has 1 aromatic carbocycles. The molecule has 25 heavy (non-hydrogen) atoms. The zero-order chi connectivity index (χ0) is 17.8. The molecule has 1 aromatic heterocycles. The molecule has 0 aliphatic carbocycles. The molecule has 0 radical (unpaired) electrons. The van der Waals surface area contributed by atoms with Crippen LogP contribution in [0.25, 0.3) is 0 Å². The molecule has 3 rings (SSSR count). The lowest BCUT2D eigenvalue weighted by Gasteiger charge is -2.29. The molecule has 1 aliphatic rings. The Morgan fingerprint density at radius 2 is 2.04 bits per heavy atom. The number of hydrogen-bond acceptors (Lipinski definition) is 5. The van der Waals surface area contributed by atoms with E-state index in [-0.39, 0.29) is 5.82 Å². The number of hydrogen-bond donors (Lipinski definition) is 1. The first-order valence-electron chi connectivity index (χ1n) is 8.46. The summed E-state index contributed by atoms with van der Waals surface area (Å²) >= 11 is 6.18. The highest BCUT2D eigenvalue weighted by molar-refractivity contribution is 6.30. The van der Waals surface area contributed by atoms with Crippen molar-refractivity contribution in [1.82, 2.24) is 9.97 Å². The summed E-state index contributed by atoms with van der Waals surface area (Å²) in [4.78, 5) is 10.6. The van der Waals surface area contributed by atoms with Gasteiger partial charge in [0.25, 0.3) is 0 Å². The minimum Gasteiger partial charge on any atom is -0.378 e. The van der Waals surface area contributed by atoms with E-state index in [1.807, 2.05) is 24.0 Å². The third-order valence-electron chi connectivity index (χ3n) is 4.25. The molecule has 1 fully saturated rings. The average Bonchev–Trinajstić information content (AvgIpc) is 2.60. The summed E-state index contributed by atoms with van der Waals surface area (Å²) in [5.41, 5.74) is 2.35. The number of morpholine rings is 1. The predicted molar refractivity (Wildman–Crippen MR) is 97.9 cm³/mol. The molecule has 2 aromatic rings. The van der Waals surface area contributed by atoms with Crippen molar-refractivity contribution < 1.29 is 9.13 Å². The summed E-state index contributed by atoms with van der Waals surface area (Å²) in [6.45, 7) is 6.97. The SMILES string of the molecule is CCc1c(Cl)nc(C)nc1NCc1ccc(N2CCOCC2)c(F)c1. The molecule has 0 spiro atoms. The lowest BCUT2D eigenvalue weighted by molar-refractivity contribution is 0.122. The van der Waals surface area contributed by atoms with E-state index in [1.54, 1.807) is 13.0 Å². The van der Waals surface area contributed by atoms with Crippen LogP contribution >= 0.6 is 11.6 Å². The second kappa shape index (κ2) is 7.97. The lowest BCUT2D eigenvalue weighted by atomic mass is 10.1. The third-order valence-corrected chi connectivity index (χ3v) is 4.56. The van der Waals surface area contributed by atoms with Gasteiger partial charge in [-0.1, -0.05) is 24.6 Å². The van der Waals surface area contributed by atoms with Gasteiger partial charge < -0.3 is 15.0 Å². The number of halogens is 2. The van der Waals surface area contributed by atoms with Crippen molar-refractivity contribution in [2.24, 2.45) is 0 Å². The molecule has 0 amide bonds. The molecule has 2 heterocycles. The van der Waals surface area contributed by atoms with Gasteiger partial charge in [0.2, 0.25) is 0 Å². The van der Waals surface area contributed by atoms with Gasteiger partial charge in [-0.25, -0.2) is 14.4 Å². The van der Waals surface area contributed by atoms with Crippen molar-refractivity contribution in [3.05, 3.63) is 46.1 Å². The van der Waals surface area contributed by atoms with Gasteiger partial charge in [0.1, 0.15) is 22.6 Å². The van der Waals surface area contributed by atoms with Gasteiger partial charge in [0, 0.05) is 25.2 Å². The summed E-state index contributed by atoms with van der Waals surface area (Å²) in [5, 5.41) is 3.72. The molecule has 7 heteroatoms. The third kappa shape index (κ3) is 4.19. The number of aromatic nitrogens is 2. The Labute approximate surface area is 152 Å². The fourth-order valence-electron chi connectivity index (χ4n) is 2.93. The normalized spacial score (nSPS) is 14.6. The lowest BCUT2D eigenvalue weighted by Crippen LogP contribution is -2.36. The molecular formula is C18H22ClFN4O. The van der Waals surface area contributed by atoms with Crippen LogP contribution in [0.2, 0.25) is 5.15 Å². The molecule has 1 saturated heterocycles. The van der Waals surface area contributed by atoms with Crippen LogP contribution < -0.4 is 10.2 Å². The fourth-order valence-corrected chi connectivity index (χ4v) is 3.27. The second-order valence-corrected chi connectivity index (χ2v) is 6.34. The summed E-state index contributed by atoms with van der Waals surface area (Å²) in [6.07, 6.45) is 0.728. The van der Waals surface area contributed by atoms with E-state index in [1.165, 1.54) is 0 Å². The maximum atomic E-state index is 14.5. The molecule has 1 N–H and O–H groups in total. The monoisotopic (exact) mass is 364 g/mol. The van der Waals surface area contributed by atoms with Crippen LogP contribution in [0, 0.1) is 12.7 Å². The Bertz CT molecular complexity index is 750. The molecule has 0 atom stereocenters. The van der Waals surface area contributed by atoms with Crippen LogP contribution in [0.5, 0.6) is 0 Å². The number of nitrogens with zero attached hydrogens (tertiary/aromatic N) is 3. The van der Waals surface area contributed by atoms with Gasteiger partial charge in [0.15, 0.2) is 0 Å². The molecule has 0 saturated carbocycles. The largest absolute Gasteiger partial charge is 0.378 e. The maximum Gasteiger partial charge on any atom is 0.146 e. The quantitative estimate of drug-likeness (QED) is 0.822. The number of benzene rings is 1. The van der Waals surface area contributed by atoms with Gasteiger partial charge in [-0.05, 0) is 31.0 Å². The zero-order valence-electron chi connectivity index (χ0n) is 14.5. The molecule has 0 bridgehead atoms. The Hall–Kier alpha value is -1.92. The maximum absolute atomic E-state index is 14.5. The minimum atomic E-state index is -0.214. The fraction of sp³-hybridized carbons (Fsp3) is 0.444.